The molecule has 0 atom stereocenters. The summed E-state index contributed by atoms with van der Waals surface area (Å²) in [6.07, 6.45) is 0.681. The lowest BCUT2D eigenvalue weighted by Crippen LogP contribution is -2.37. The molecule has 4 rings (SSSR count). The quantitative estimate of drug-likeness (QED) is 0.609. The van der Waals surface area contributed by atoms with E-state index in [0.717, 1.165) is 16.9 Å². The van der Waals surface area contributed by atoms with Gasteiger partial charge in [0, 0.05) is 31.7 Å². The van der Waals surface area contributed by atoms with Gasteiger partial charge >= 0.3 is 0 Å². The van der Waals surface area contributed by atoms with Crippen molar-refractivity contribution in [3.8, 4) is 11.5 Å². The summed E-state index contributed by atoms with van der Waals surface area (Å²) in [5, 5.41) is 0. The molecule has 8 heteroatoms. The molecule has 1 fully saturated rings. The molecule has 1 saturated heterocycles. The number of amides is 2. The zero-order valence-electron chi connectivity index (χ0n) is 19.4. The Kier molecular flexibility index (Phi) is 6.44. The van der Waals surface area contributed by atoms with Crippen molar-refractivity contribution in [1.29, 1.82) is 0 Å². The topological polar surface area (TPSA) is 84.9 Å². The summed E-state index contributed by atoms with van der Waals surface area (Å²) in [5.74, 6) is 0.713. The van der Waals surface area contributed by atoms with Crippen LogP contribution in [0, 0.1) is 13.8 Å². The van der Waals surface area contributed by atoms with Crippen LogP contribution in [-0.2, 0) is 0 Å². The van der Waals surface area contributed by atoms with Gasteiger partial charge in [-0.2, -0.15) is 0 Å². The van der Waals surface area contributed by atoms with Crippen molar-refractivity contribution in [2.75, 3.05) is 40.4 Å². The first-order chi connectivity index (χ1) is 15.9. The minimum Gasteiger partial charge on any atom is -0.496 e. The molecule has 1 aliphatic rings. The number of aryl methyl sites for hydroxylation is 2. The highest BCUT2D eigenvalue weighted by atomic mass is 16.5. The van der Waals surface area contributed by atoms with Crippen molar-refractivity contribution >= 4 is 22.8 Å². The number of aromatic nitrogens is 2. The summed E-state index contributed by atoms with van der Waals surface area (Å²) in [4.78, 5) is 39.2. The molecule has 172 valence electrons. The van der Waals surface area contributed by atoms with Gasteiger partial charge in [0.05, 0.1) is 36.6 Å². The van der Waals surface area contributed by atoms with Crippen LogP contribution in [0.15, 0.2) is 36.4 Å². The monoisotopic (exact) mass is 448 g/mol. The fraction of sp³-hybridized carbons (Fsp3) is 0.360. The Bertz CT molecular complexity index is 1190. The highest BCUT2D eigenvalue weighted by molar-refractivity contribution is 6.00. The predicted octanol–water partition coefficient (Wildman–Crippen LogP) is 3.25. The largest absolute Gasteiger partial charge is 0.496 e. The van der Waals surface area contributed by atoms with Crippen LogP contribution >= 0.6 is 0 Å². The summed E-state index contributed by atoms with van der Waals surface area (Å²) in [6.45, 7) is 5.82. The Balaban J connectivity index is 1.52. The number of ether oxygens (including phenoxy) is 2. The molecule has 0 unspecified atom stereocenters. The molecule has 2 aromatic carbocycles. The van der Waals surface area contributed by atoms with Crippen LogP contribution in [0.4, 0.5) is 0 Å². The van der Waals surface area contributed by atoms with E-state index in [1.54, 1.807) is 40.1 Å². The Morgan fingerprint density at radius 2 is 1.36 bits per heavy atom. The van der Waals surface area contributed by atoms with Gasteiger partial charge in [0.2, 0.25) is 0 Å². The standard InChI is InChI=1S/C25H28N4O4/c1-16-17(2)27-20-15-18(9-10-19(20)26-16)24(30)28-11-6-12-29(14-13-28)25(31)23-21(32-3)7-5-8-22(23)33-4/h5,7-10,15H,6,11-14H2,1-4H3. The predicted molar refractivity (Wildman–Crippen MR) is 125 cm³/mol. The molecule has 8 nitrogen and oxygen atoms in total. The maximum atomic E-state index is 13.3. The van der Waals surface area contributed by atoms with E-state index in [1.807, 2.05) is 19.9 Å². The van der Waals surface area contributed by atoms with Crippen LogP contribution in [0.1, 0.15) is 38.5 Å². The van der Waals surface area contributed by atoms with E-state index in [2.05, 4.69) is 9.97 Å². The zero-order chi connectivity index (χ0) is 23.5. The third-order valence-corrected chi connectivity index (χ3v) is 6.03. The molecule has 2 heterocycles. The van der Waals surface area contributed by atoms with Gasteiger partial charge < -0.3 is 19.3 Å². The van der Waals surface area contributed by atoms with E-state index >= 15 is 0 Å². The minimum atomic E-state index is -0.162. The Morgan fingerprint density at radius 3 is 1.97 bits per heavy atom. The normalized spacial score (nSPS) is 14.2. The second-order valence-corrected chi connectivity index (χ2v) is 8.07. The zero-order valence-corrected chi connectivity index (χ0v) is 19.4. The maximum Gasteiger partial charge on any atom is 0.261 e. The number of rotatable bonds is 4. The Hall–Kier alpha value is -3.68. The average molecular weight is 449 g/mol. The van der Waals surface area contributed by atoms with Crippen LogP contribution in [0.5, 0.6) is 11.5 Å². The van der Waals surface area contributed by atoms with E-state index in [0.29, 0.717) is 60.7 Å². The first-order valence-corrected chi connectivity index (χ1v) is 11.0. The van der Waals surface area contributed by atoms with Gasteiger partial charge in [-0.1, -0.05) is 6.07 Å². The molecule has 0 aliphatic carbocycles. The number of hydrogen-bond acceptors (Lipinski definition) is 6. The number of fused-ring (bicyclic) bond motifs is 1. The second kappa shape index (κ2) is 9.44. The first-order valence-electron chi connectivity index (χ1n) is 11.0. The van der Waals surface area contributed by atoms with Crippen molar-refractivity contribution < 1.29 is 19.1 Å². The van der Waals surface area contributed by atoms with E-state index in [-0.39, 0.29) is 11.8 Å². The fourth-order valence-electron chi connectivity index (χ4n) is 4.09. The third-order valence-electron chi connectivity index (χ3n) is 6.03. The molecule has 0 N–H and O–H groups in total. The van der Waals surface area contributed by atoms with E-state index < -0.39 is 0 Å². The van der Waals surface area contributed by atoms with Gasteiger partial charge in [0.1, 0.15) is 17.1 Å². The second-order valence-electron chi connectivity index (χ2n) is 8.07. The van der Waals surface area contributed by atoms with E-state index in [1.165, 1.54) is 14.2 Å². The van der Waals surface area contributed by atoms with E-state index in [9.17, 15) is 9.59 Å². The number of hydrogen-bond donors (Lipinski definition) is 0. The first kappa shape index (κ1) is 22.5. The lowest BCUT2D eigenvalue weighted by atomic mass is 10.1. The summed E-state index contributed by atoms with van der Waals surface area (Å²) in [6, 6.07) is 10.7. The third kappa shape index (κ3) is 4.46. The van der Waals surface area contributed by atoms with Gasteiger partial charge in [-0.3, -0.25) is 9.59 Å². The van der Waals surface area contributed by atoms with Crippen LogP contribution in [-0.4, -0.2) is 72.0 Å². The van der Waals surface area contributed by atoms with Crippen LogP contribution < -0.4 is 9.47 Å². The molecular formula is C25H28N4O4. The summed E-state index contributed by atoms with van der Waals surface area (Å²) < 4.78 is 10.8. The van der Waals surface area contributed by atoms with Gasteiger partial charge in [-0.05, 0) is 50.6 Å². The van der Waals surface area contributed by atoms with Crippen molar-refractivity contribution in [1.82, 2.24) is 19.8 Å². The average Bonchev–Trinajstić information content (AvgIpc) is 3.09. The highest BCUT2D eigenvalue weighted by Gasteiger charge is 2.27. The van der Waals surface area contributed by atoms with Gasteiger partial charge in [0.15, 0.2) is 0 Å². The minimum absolute atomic E-state index is 0.0684. The number of benzene rings is 2. The Morgan fingerprint density at radius 1 is 0.788 bits per heavy atom. The summed E-state index contributed by atoms with van der Waals surface area (Å²) in [5.41, 5.74) is 4.19. The number of carbonyl (C=O) groups excluding carboxylic acids is 2. The molecule has 0 bridgehead atoms. The van der Waals surface area contributed by atoms with Gasteiger partial charge in [-0.25, -0.2) is 9.97 Å². The van der Waals surface area contributed by atoms with Crippen molar-refractivity contribution in [2.24, 2.45) is 0 Å². The summed E-state index contributed by atoms with van der Waals surface area (Å²) in [7, 11) is 3.07. The van der Waals surface area contributed by atoms with Gasteiger partial charge in [0.25, 0.3) is 11.8 Å². The van der Waals surface area contributed by atoms with Crippen LogP contribution in [0.2, 0.25) is 0 Å². The highest BCUT2D eigenvalue weighted by Crippen LogP contribution is 2.30. The van der Waals surface area contributed by atoms with Crippen molar-refractivity contribution in [3.05, 3.63) is 58.9 Å². The maximum absolute atomic E-state index is 13.3. The summed E-state index contributed by atoms with van der Waals surface area (Å²) >= 11 is 0. The van der Waals surface area contributed by atoms with Crippen LogP contribution in [0.3, 0.4) is 0 Å². The molecule has 0 spiro atoms. The molecule has 0 radical (unpaired) electrons. The molecule has 0 saturated carbocycles. The molecule has 33 heavy (non-hydrogen) atoms. The Labute approximate surface area is 193 Å². The smallest absolute Gasteiger partial charge is 0.261 e. The molecule has 1 aliphatic heterocycles. The molecule has 1 aromatic heterocycles. The lowest BCUT2D eigenvalue weighted by molar-refractivity contribution is 0.0715. The van der Waals surface area contributed by atoms with Crippen molar-refractivity contribution in [3.63, 3.8) is 0 Å². The molecule has 2 amide bonds. The van der Waals surface area contributed by atoms with E-state index in [4.69, 9.17) is 9.47 Å². The number of nitrogens with zero attached hydrogens (tertiary/aromatic N) is 4. The number of carbonyl (C=O) groups is 2. The van der Waals surface area contributed by atoms with Gasteiger partial charge in [-0.15, -0.1) is 0 Å². The van der Waals surface area contributed by atoms with Crippen molar-refractivity contribution in [2.45, 2.75) is 20.3 Å². The number of methoxy groups -OCH3 is 2. The molecule has 3 aromatic rings. The fourth-order valence-corrected chi connectivity index (χ4v) is 4.09. The van der Waals surface area contributed by atoms with Crippen LogP contribution in [0.25, 0.3) is 11.0 Å². The SMILES string of the molecule is COc1cccc(OC)c1C(=O)N1CCCN(C(=O)c2ccc3nc(C)c(C)nc3c2)CC1. The molecular weight excluding hydrogens is 420 g/mol. The lowest BCUT2D eigenvalue weighted by Gasteiger charge is -2.23.